The molecule has 1 saturated heterocycles. The summed E-state index contributed by atoms with van der Waals surface area (Å²) in [6.45, 7) is 4.34. The van der Waals surface area contributed by atoms with Crippen molar-refractivity contribution in [1.29, 1.82) is 0 Å². The zero-order valence-electron chi connectivity index (χ0n) is 14.6. The summed E-state index contributed by atoms with van der Waals surface area (Å²) < 4.78 is 1.64. The van der Waals surface area contributed by atoms with Crippen molar-refractivity contribution in [2.45, 2.75) is 0 Å². The fraction of sp³-hybridized carbons (Fsp3) is 0.750. The first-order valence-electron chi connectivity index (χ1n) is 8.12. The maximum Gasteiger partial charge on any atom is 0.257 e. The summed E-state index contributed by atoms with van der Waals surface area (Å²) in [6, 6.07) is 0. The highest BCUT2D eigenvalue weighted by molar-refractivity contribution is 5.93. The fourth-order valence-corrected chi connectivity index (χ4v) is 3.09. The molecule has 0 spiro atoms. The van der Waals surface area contributed by atoms with Crippen LogP contribution >= 0.6 is 0 Å². The number of likely N-dealkylation sites (N-methyl/N-ethyl adjacent to an activating group) is 2. The second-order valence-electron chi connectivity index (χ2n) is 6.88. The third kappa shape index (κ3) is 4.76. The van der Waals surface area contributed by atoms with Gasteiger partial charge in [-0.25, -0.2) is 0 Å². The second-order valence-corrected chi connectivity index (χ2v) is 6.88. The van der Waals surface area contributed by atoms with Crippen LogP contribution in [0.5, 0.6) is 0 Å². The highest BCUT2D eigenvalue weighted by Gasteiger charge is 2.35. The Hall–Kier alpha value is -1.44. The minimum atomic E-state index is 0.00925. The molecule has 1 N–H and O–H groups in total. The van der Waals surface area contributed by atoms with Gasteiger partial charge in [0, 0.05) is 58.5 Å². The van der Waals surface area contributed by atoms with E-state index in [0.717, 1.165) is 19.6 Å². The second kappa shape index (κ2) is 7.90. The van der Waals surface area contributed by atoms with E-state index in [4.69, 9.17) is 0 Å². The number of amides is 1. The molecule has 1 fully saturated rings. The predicted octanol–water partition coefficient (Wildman–Crippen LogP) is -0.406. The van der Waals surface area contributed by atoms with Crippen molar-refractivity contribution in [2.75, 3.05) is 60.5 Å². The number of aromatic nitrogens is 2. The molecule has 0 saturated carbocycles. The van der Waals surface area contributed by atoms with Crippen molar-refractivity contribution in [3.63, 3.8) is 0 Å². The first kappa shape index (κ1) is 17.9. The topological polar surface area (TPSA) is 64.8 Å². The molecule has 1 amide bonds. The van der Waals surface area contributed by atoms with E-state index in [1.54, 1.807) is 24.1 Å². The Labute approximate surface area is 138 Å². The van der Waals surface area contributed by atoms with Gasteiger partial charge in [-0.2, -0.15) is 5.10 Å². The van der Waals surface area contributed by atoms with Crippen molar-refractivity contribution >= 4 is 5.91 Å². The molecular formula is C16H29N5O2. The molecule has 7 heteroatoms. The maximum atomic E-state index is 12.5. The summed E-state index contributed by atoms with van der Waals surface area (Å²) >= 11 is 0. The predicted molar refractivity (Wildman–Crippen MR) is 89.2 cm³/mol. The molecule has 2 atom stereocenters. The monoisotopic (exact) mass is 323 g/mol. The number of aliphatic hydroxyl groups excluding tert-OH is 1. The summed E-state index contributed by atoms with van der Waals surface area (Å²) in [4.78, 5) is 18.8. The number of carbonyl (C=O) groups is 1. The van der Waals surface area contributed by atoms with Crippen LogP contribution in [-0.2, 0) is 7.05 Å². The van der Waals surface area contributed by atoms with Crippen LogP contribution in [0.3, 0.4) is 0 Å². The molecule has 0 aromatic carbocycles. The summed E-state index contributed by atoms with van der Waals surface area (Å²) in [5.41, 5.74) is 0.616. The quantitative estimate of drug-likeness (QED) is 0.739. The van der Waals surface area contributed by atoms with Gasteiger partial charge in [0.05, 0.1) is 11.8 Å². The Balaban J connectivity index is 1.93. The molecule has 1 aliphatic rings. The Morgan fingerprint density at radius 2 is 2.00 bits per heavy atom. The lowest BCUT2D eigenvalue weighted by molar-refractivity contribution is 0.0779. The minimum absolute atomic E-state index is 0.00925. The van der Waals surface area contributed by atoms with E-state index in [-0.39, 0.29) is 18.4 Å². The zero-order chi connectivity index (χ0) is 17.0. The van der Waals surface area contributed by atoms with Crippen molar-refractivity contribution in [2.24, 2.45) is 18.9 Å². The number of rotatable bonds is 7. The molecule has 23 heavy (non-hydrogen) atoms. The Morgan fingerprint density at radius 1 is 1.30 bits per heavy atom. The molecule has 2 heterocycles. The van der Waals surface area contributed by atoms with Crippen LogP contribution in [0.1, 0.15) is 10.4 Å². The maximum absolute atomic E-state index is 12.5. The lowest BCUT2D eigenvalue weighted by atomic mass is 9.96. The van der Waals surface area contributed by atoms with E-state index in [1.807, 2.05) is 4.90 Å². The van der Waals surface area contributed by atoms with Gasteiger partial charge >= 0.3 is 0 Å². The van der Waals surface area contributed by atoms with Crippen LogP contribution in [0.2, 0.25) is 0 Å². The number of carbonyl (C=O) groups excluding carboxylic acids is 1. The minimum Gasteiger partial charge on any atom is -0.396 e. The molecule has 0 bridgehead atoms. The van der Waals surface area contributed by atoms with Crippen LogP contribution in [0.15, 0.2) is 12.4 Å². The van der Waals surface area contributed by atoms with E-state index < -0.39 is 0 Å². The SMILES string of the molecule is CN(C)CCN(C)C[C@@H]1CN(C(=O)c2cnn(C)c2)C[C@@H]1CO. The Kier molecular flexibility index (Phi) is 6.15. The van der Waals surface area contributed by atoms with E-state index in [1.165, 1.54) is 0 Å². The van der Waals surface area contributed by atoms with Crippen LogP contribution in [0.25, 0.3) is 0 Å². The van der Waals surface area contributed by atoms with Gasteiger partial charge in [0.25, 0.3) is 5.91 Å². The van der Waals surface area contributed by atoms with Gasteiger partial charge in [-0.1, -0.05) is 0 Å². The molecule has 7 nitrogen and oxygen atoms in total. The number of hydrogen-bond donors (Lipinski definition) is 1. The third-order valence-corrected chi connectivity index (χ3v) is 4.53. The number of hydrogen-bond acceptors (Lipinski definition) is 5. The van der Waals surface area contributed by atoms with Gasteiger partial charge in [0.2, 0.25) is 0 Å². The molecule has 2 rings (SSSR count). The number of likely N-dealkylation sites (tertiary alicyclic amines) is 1. The smallest absolute Gasteiger partial charge is 0.257 e. The number of aliphatic hydroxyl groups is 1. The lowest BCUT2D eigenvalue weighted by Crippen LogP contribution is -2.35. The van der Waals surface area contributed by atoms with Gasteiger partial charge in [0.1, 0.15) is 0 Å². The van der Waals surface area contributed by atoms with E-state index in [9.17, 15) is 9.90 Å². The summed E-state index contributed by atoms with van der Waals surface area (Å²) in [5.74, 6) is 0.472. The van der Waals surface area contributed by atoms with Gasteiger partial charge in [-0.3, -0.25) is 9.48 Å². The standard InChI is InChI=1S/C16H29N5O2/c1-18(2)5-6-19(3)8-14-10-21(11-15(14)12-22)16(23)13-7-17-20(4)9-13/h7,9,14-15,22H,5-6,8,10-12H2,1-4H3/t14-,15-/m1/s1. The van der Waals surface area contributed by atoms with Crippen molar-refractivity contribution in [1.82, 2.24) is 24.5 Å². The number of aryl methyl sites for hydroxylation is 1. The van der Waals surface area contributed by atoms with Gasteiger partial charge in [0.15, 0.2) is 0 Å². The zero-order valence-corrected chi connectivity index (χ0v) is 14.6. The van der Waals surface area contributed by atoms with Gasteiger partial charge < -0.3 is 19.8 Å². The third-order valence-electron chi connectivity index (χ3n) is 4.53. The molecule has 0 aliphatic carbocycles. The molecule has 1 aliphatic heterocycles. The van der Waals surface area contributed by atoms with E-state index in [2.05, 4.69) is 36.0 Å². The molecule has 1 aromatic heterocycles. The average molecular weight is 323 g/mol. The van der Waals surface area contributed by atoms with Gasteiger partial charge in [-0.05, 0) is 27.1 Å². The highest BCUT2D eigenvalue weighted by Crippen LogP contribution is 2.25. The fourth-order valence-electron chi connectivity index (χ4n) is 3.09. The largest absolute Gasteiger partial charge is 0.396 e. The van der Waals surface area contributed by atoms with Crippen LogP contribution < -0.4 is 0 Å². The first-order chi connectivity index (χ1) is 10.9. The van der Waals surface area contributed by atoms with E-state index >= 15 is 0 Å². The van der Waals surface area contributed by atoms with Crippen molar-refractivity contribution < 1.29 is 9.90 Å². The van der Waals surface area contributed by atoms with Gasteiger partial charge in [-0.15, -0.1) is 0 Å². The normalized spacial score (nSPS) is 21.6. The average Bonchev–Trinajstić information content (AvgIpc) is 3.10. The summed E-state index contributed by atoms with van der Waals surface area (Å²) in [5, 5.41) is 13.7. The molecule has 0 radical (unpaired) electrons. The Bertz CT molecular complexity index is 516. The van der Waals surface area contributed by atoms with Crippen LogP contribution in [-0.4, -0.2) is 96.0 Å². The Morgan fingerprint density at radius 3 is 2.57 bits per heavy atom. The molecule has 130 valence electrons. The molecule has 0 unspecified atom stereocenters. The number of nitrogens with zero attached hydrogens (tertiary/aromatic N) is 5. The lowest BCUT2D eigenvalue weighted by Gasteiger charge is -2.25. The van der Waals surface area contributed by atoms with Crippen molar-refractivity contribution in [3.05, 3.63) is 18.0 Å². The van der Waals surface area contributed by atoms with E-state index in [0.29, 0.717) is 24.6 Å². The highest BCUT2D eigenvalue weighted by atomic mass is 16.3. The molecular weight excluding hydrogens is 294 g/mol. The summed E-state index contributed by atoms with van der Waals surface area (Å²) in [6.07, 6.45) is 3.35. The van der Waals surface area contributed by atoms with Crippen LogP contribution in [0, 0.1) is 11.8 Å². The van der Waals surface area contributed by atoms with Crippen molar-refractivity contribution in [3.8, 4) is 0 Å². The van der Waals surface area contributed by atoms with Crippen LogP contribution in [0.4, 0.5) is 0 Å². The first-order valence-corrected chi connectivity index (χ1v) is 8.12. The summed E-state index contributed by atoms with van der Waals surface area (Å²) in [7, 11) is 8.03. The molecule has 1 aromatic rings.